The molecule has 5 heteroatoms. The third-order valence-electron chi connectivity index (χ3n) is 3.55. The number of aromatic nitrogens is 1. The number of nitrogens with one attached hydrogen (secondary N) is 1. The van der Waals surface area contributed by atoms with Crippen molar-refractivity contribution in [2.45, 2.75) is 38.8 Å². The molecular formula is C13H18N2O3. The molecule has 0 aromatic carbocycles. The van der Waals surface area contributed by atoms with Crippen molar-refractivity contribution in [1.82, 2.24) is 9.88 Å². The fourth-order valence-corrected chi connectivity index (χ4v) is 2.37. The quantitative estimate of drug-likeness (QED) is 0.769. The third kappa shape index (κ3) is 2.31. The summed E-state index contributed by atoms with van der Waals surface area (Å²) in [5.41, 5.74) is 0.853. The van der Waals surface area contributed by atoms with E-state index in [1.807, 2.05) is 6.92 Å². The van der Waals surface area contributed by atoms with Crippen LogP contribution >= 0.6 is 0 Å². The fourth-order valence-electron chi connectivity index (χ4n) is 2.37. The smallest absolute Gasteiger partial charge is 0.255 e. The summed E-state index contributed by atoms with van der Waals surface area (Å²) in [6.07, 6.45) is 1.07. The average molecular weight is 250 g/mol. The van der Waals surface area contributed by atoms with Crippen LogP contribution < -0.4 is 5.56 Å². The molecule has 1 aliphatic rings. The highest BCUT2D eigenvalue weighted by Crippen LogP contribution is 2.20. The standard InChI is InChI=1S/C13H18N2O3/c1-8-10(5-6-12(17)14-8)13(18)15-7-3-4-11(16)9(15)2/h5-6,9,11,16H,3-4,7H2,1-2H3,(H,14,17)/t9-,11-/m1/s1. The molecule has 2 N–H and O–H groups in total. The van der Waals surface area contributed by atoms with Gasteiger partial charge in [-0.1, -0.05) is 0 Å². The van der Waals surface area contributed by atoms with Crippen LogP contribution in [0.25, 0.3) is 0 Å². The van der Waals surface area contributed by atoms with Crippen LogP contribution in [0.15, 0.2) is 16.9 Å². The zero-order valence-corrected chi connectivity index (χ0v) is 10.6. The summed E-state index contributed by atoms with van der Waals surface area (Å²) in [5.74, 6) is -0.130. The van der Waals surface area contributed by atoms with E-state index in [1.54, 1.807) is 17.9 Å². The molecule has 1 amide bonds. The first kappa shape index (κ1) is 12.8. The number of carbonyl (C=O) groups excluding carboxylic acids is 1. The van der Waals surface area contributed by atoms with Gasteiger partial charge >= 0.3 is 0 Å². The van der Waals surface area contributed by atoms with Gasteiger partial charge in [-0.2, -0.15) is 0 Å². The maximum Gasteiger partial charge on any atom is 0.255 e. The van der Waals surface area contributed by atoms with E-state index in [1.165, 1.54) is 6.07 Å². The van der Waals surface area contributed by atoms with Gasteiger partial charge < -0.3 is 15.0 Å². The zero-order valence-electron chi connectivity index (χ0n) is 10.6. The van der Waals surface area contributed by atoms with Gasteiger partial charge in [0.15, 0.2) is 0 Å². The summed E-state index contributed by atoms with van der Waals surface area (Å²) in [7, 11) is 0. The van der Waals surface area contributed by atoms with Gasteiger partial charge in [-0.3, -0.25) is 9.59 Å². The van der Waals surface area contributed by atoms with Gasteiger partial charge in [0.1, 0.15) is 0 Å². The SMILES string of the molecule is Cc1[nH]c(=O)ccc1C(=O)N1CCC[C@@H](O)[C@H]1C. The molecule has 2 atom stereocenters. The summed E-state index contributed by atoms with van der Waals surface area (Å²) in [5, 5.41) is 9.81. The maximum atomic E-state index is 12.4. The molecular weight excluding hydrogens is 232 g/mol. The van der Waals surface area contributed by atoms with Gasteiger partial charge in [0.05, 0.1) is 17.7 Å². The van der Waals surface area contributed by atoms with E-state index < -0.39 is 6.10 Å². The largest absolute Gasteiger partial charge is 0.391 e. The summed E-state index contributed by atoms with van der Waals surface area (Å²) < 4.78 is 0. The Labute approximate surface area is 105 Å². The molecule has 2 rings (SSSR count). The number of aliphatic hydroxyl groups excluding tert-OH is 1. The molecule has 0 spiro atoms. The molecule has 0 radical (unpaired) electrons. The number of aryl methyl sites for hydroxylation is 1. The van der Waals surface area contributed by atoms with E-state index in [0.717, 1.165) is 12.8 Å². The lowest BCUT2D eigenvalue weighted by atomic mass is 9.99. The Balaban J connectivity index is 2.28. The second kappa shape index (κ2) is 4.94. The van der Waals surface area contributed by atoms with Crippen LogP contribution in [0.2, 0.25) is 0 Å². The number of nitrogens with zero attached hydrogens (tertiary/aromatic N) is 1. The Bertz CT molecular complexity index is 509. The van der Waals surface area contributed by atoms with Crippen LogP contribution in [-0.4, -0.2) is 39.6 Å². The third-order valence-corrected chi connectivity index (χ3v) is 3.55. The molecule has 0 aliphatic carbocycles. The van der Waals surface area contributed by atoms with Crippen LogP contribution in [0.3, 0.4) is 0 Å². The first-order valence-electron chi connectivity index (χ1n) is 6.19. The number of H-pyrrole nitrogens is 1. The van der Waals surface area contributed by atoms with Crippen molar-refractivity contribution < 1.29 is 9.90 Å². The molecule has 1 aromatic rings. The minimum absolute atomic E-state index is 0.130. The Kier molecular flexibility index (Phi) is 3.52. The van der Waals surface area contributed by atoms with E-state index >= 15 is 0 Å². The Hall–Kier alpha value is -1.62. The molecule has 0 saturated carbocycles. The summed E-state index contributed by atoms with van der Waals surface area (Å²) in [4.78, 5) is 27.8. The minimum atomic E-state index is -0.467. The molecule has 2 heterocycles. The lowest BCUT2D eigenvalue weighted by Crippen LogP contribution is -2.49. The minimum Gasteiger partial charge on any atom is -0.391 e. The molecule has 1 fully saturated rings. The highest BCUT2D eigenvalue weighted by molar-refractivity contribution is 5.95. The van der Waals surface area contributed by atoms with E-state index in [-0.39, 0.29) is 17.5 Å². The highest BCUT2D eigenvalue weighted by atomic mass is 16.3. The van der Waals surface area contributed by atoms with Gasteiger partial charge in [0.2, 0.25) is 5.56 Å². The van der Waals surface area contributed by atoms with E-state index in [0.29, 0.717) is 17.8 Å². The molecule has 1 saturated heterocycles. The molecule has 0 unspecified atom stereocenters. The fraction of sp³-hybridized carbons (Fsp3) is 0.538. The van der Waals surface area contributed by atoms with Gasteiger partial charge in [0.25, 0.3) is 5.91 Å². The zero-order chi connectivity index (χ0) is 13.3. The van der Waals surface area contributed by atoms with Crippen LogP contribution in [-0.2, 0) is 0 Å². The van der Waals surface area contributed by atoms with Crippen molar-refractivity contribution in [1.29, 1.82) is 0 Å². The number of carbonyl (C=O) groups is 1. The molecule has 5 nitrogen and oxygen atoms in total. The lowest BCUT2D eigenvalue weighted by molar-refractivity contribution is 0.0180. The van der Waals surface area contributed by atoms with Crippen LogP contribution in [0.1, 0.15) is 35.8 Å². The maximum absolute atomic E-state index is 12.4. The van der Waals surface area contributed by atoms with Crippen molar-refractivity contribution in [2.75, 3.05) is 6.54 Å². The van der Waals surface area contributed by atoms with Crippen molar-refractivity contribution in [3.05, 3.63) is 33.7 Å². The number of likely N-dealkylation sites (tertiary alicyclic amines) is 1. The second-order valence-electron chi connectivity index (χ2n) is 4.81. The van der Waals surface area contributed by atoms with E-state index in [9.17, 15) is 14.7 Å². The van der Waals surface area contributed by atoms with Gasteiger partial charge in [-0.15, -0.1) is 0 Å². The number of amides is 1. The van der Waals surface area contributed by atoms with E-state index in [2.05, 4.69) is 4.98 Å². The van der Waals surface area contributed by atoms with Crippen LogP contribution in [0.5, 0.6) is 0 Å². The highest BCUT2D eigenvalue weighted by Gasteiger charge is 2.30. The lowest BCUT2D eigenvalue weighted by Gasteiger charge is -2.37. The Morgan fingerprint density at radius 1 is 1.50 bits per heavy atom. The summed E-state index contributed by atoms with van der Waals surface area (Å²) in [6.45, 7) is 4.21. The number of aromatic amines is 1. The predicted octanol–water partition coefficient (Wildman–Crippen LogP) is 0.669. The molecule has 98 valence electrons. The van der Waals surface area contributed by atoms with Gasteiger partial charge in [-0.05, 0) is 32.8 Å². The van der Waals surface area contributed by atoms with Gasteiger partial charge in [-0.25, -0.2) is 0 Å². The number of pyridine rings is 1. The monoisotopic (exact) mass is 250 g/mol. The number of rotatable bonds is 1. The molecule has 1 aliphatic heterocycles. The number of hydrogen-bond acceptors (Lipinski definition) is 3. The van der Waals surface area contributed by atoms with Crippen molar-refractivity contribution in [3.63, 3.8) is 0 Å². The van der Waals surface area contributed by atoms with E-state index in [4.69, 9.17) is 0 Å². The van der Waals surface area contributed by atoms with Crippen molar-refractivity contribution in [2.24, 2.45) is 0 Å². The Morgan fingerprint density at radius 3 is 2.89 bits per heavy atom. The number of hydrogen-bond donors (Lipinski definition) is 2. The Morgan fingerprint density at radius 2 is 2.22 bits per heavy atom. The first-order valence-corrected chi connectivity index (χ1v) is 6.19. The van der Waals surface area contributed by atoms with Crippen molar-refractivity contribution >= 4 is 5.91 Å². The van der Waals surface area contributed by atoms with Crippen LogP contribution in [0, 0.1) is 6.92 Å². The topological polar surface area (TPSA) is 73.4 Å². The number of aliphatic hydroxyl groups is 1. The van der Waals surface area contributed by atoms with Crippen molar-refractivity contribution in [3.8, 4) is 0 Å². The molecule has 18 heavy (non-hydrogen) atoms. The molecule has 1 aromatic heterocycles. The predicted molar refractivity (Wildman–Crippen MR) is 67.5 cm³/mol. The summed E-state index contributed by atoms with van der Waals surface area (Å²) >= 11 is 0. The normalized spacial score (nSPS) is 24.1. The number of piperidine rings is 1. The first-order chi connectivity index (χ1) is 8.50. The summed E-state index contributed by atoms with van der Waals surface area (Å²) in [6, 6.07) is 2.72. The van der Waals surface area contributed by atoms with Gasteiger partial charge in [0, 0.05) is 18.3 Å². The second-order valence-corrected chi connectivity index (χ2v) is 4.81. The molecule has 0 bridgehead atoms. The van der Waals surface area contributed by atoms with Crippen LogP contribution in [0.4, 0.5) is 0 Å². The average Bonchev–Trinajstić information content (AvgIpc) is 2.32.